The quantitative estimate of drug-likeness (QED) is 0.701. The van der Waals surface area contributed by atoms with Crippen molar-refractivity contribution in [1.29, 1.82) is 0 Å². The topological polar surface area (TPSA) is 47.4 Å². The third-order valence-electron chi connectivity index (χ3n) is 4.12. The van der Waals surface area contributed by atoms with E-state index in [4.69, 9.17) is 4.74 Å². The second-order valence-corrected chi connectivity index (χ2v) is 5.80. The van der Waals surface area contributed by atoms with Crippen molar-refractivity contribution in [3.05, 3.63) is 66.1 Å². The van der Waals surface area contributed by atoms with Gasteiger partial charge in [0, 0.05) is 44.3 Å². The maximum atomic E-state index is 12.4. The molecule has 24 heavy (non-hydrogen) atoms. The van der Waals surface area contributed by atoms with Gasteiger partial charge in [0.15, 0.2) is 0 Å². The van der Waals surface area contributed by atoms with E-state index in [1.807, 2.05) is 31.3 Å². The smallest absolute Gasteiger partial charge is 0.249 e. The molecular weight excluding hydrogens is 302 g/mol. The Morgan fingerprint density at radius 2 is 2.04 bits per heavy atom. The van der Waals surface area contributed by atoms with Crippen molar-refractivity contribution in [1.82, 2.24) is 14.5 Å². The van der Waals surface area contributed by atoms with Crippen molar-refractivity contribution < 1.29 is 9.53 Å². The fourth-order valence-electron chi connectivity index (χ4n) is 2.85. The summed E-state index contributed by atoms with van der Waals surface area (Å²) < 4.78 is 7.17. The number of carbonyl (C=O) groups is 1. The molecule has 0 N–H and O–H groups in total. The Morgan fingerprint density at radius 1 is 1.21 bits per heavy atom. The summed E-state index contributed by atoms with van der Waals surface area (Å²) in [5.74, 6) is -0.0355. The van der Waals surface area contributed by atoms with E-state index in [1.54, 1.807) is 17.3 Å². The lowest BCUT2D eigenvalue weighted by molar-refractivity contribution is -0.136. The van der Waals surface area contributed by atoms with Crippen molar-refractivity contribution in [2.75, 3.05) is 13.7 Å². The largest absolute Gasteiger partial charge is 0.375 e. The number of amides is 1. The van der Waals surface area contributed by atoms with Gasteiger partial charge in [-0.1, -0.05) is 24.3 Å². The first-order valence-electron chi connectivity index (χ1n) is 7.88. The van der Waals surface area contributed by atoms with E-state index >= 15 is 0 Å². The van der Waals surface area contributed by atoms with Gasteiger partial charge in [0.05, 0.1) is 6.54 Å². The molecule has 0 radical (unpaired) electrons. The minimum Gasteiger partial charge on any atom is -0.375 e. The number of methoxy groups -OCH3 is 1. The molecule has 3 rings (SSSR count). The molecule has 5 heteroatoms. The average Bonchev–Trinajstić information content (AvgIpc) is 2.92. The van der Waals surface area contributed by atoms with E-state index in [-0.39, 0.29) is 12.5 Å². The molecule has 0 aliphatic rings. The molecule has 0 unspecified atom stereocenters. The van der Waals surface area contributed by atoms with Gasteiger partial charge in [0.2, 0.25) is 5.91 Å². The van der Waals surface area contributed by atoms with Crippen molar-refractivity contribution in [3.8, 4) is 0 Å². The minimum atomic E-state index is -0.0355. The molecule has 0 fully saturated rings. The van der Waals surface area contributed by atoms with Crippen molar-refractivity contribution in [2.45, 2.75) is 13.1 Å². The predicted molar refractivity (Wildman–Crippen MR) is 93.3 cm³/mol. The summed E-state index contributed by atoms with van der Waals surface area (Å²) in [6.45, 7) is 1.12. The highest BCUT2D eigenvalue weighted by atomic mass is 16.5. The molecule has 1 amide bonds. The van der Waals surface area contributed by atoms with Crippen LogP contribution in [0.5, 0.6) is 0 Å². The first-order chi connectivity index (χ1) is 11.7. The highest BCUT2D eigenvalue weighted by Crippen LogP contribution is 2.20. The van der Waals surface area contributed by atoms with Gasteiger partial charge in [-0.05, 0) is 29.1 Å². The van der Waals surface area contributed by atoms with E-state index in [9.17, 15) is 4.79 Å². The standard InChI is InChI=1S/C19H21N3O2/c1-21-17(10-16-7-3-4-8-18(16)21)13-22(19(23)14-24-2)12-15-6-5-9-20-11-15/h3-11H,12-14H2,1-2H3. The van der Waals surface area contributed by atoms with Gasteiger partial charge in [0.1, 0.15) is 6.61 Å². The number of aromatic nitrogens is 2. The van der Waals surface area contributed by atoms with Crippen LogP contribution in [0.4, 0.5) is 0 Å². The zero-order valence-electron chi connectivity index (χ0n) is 14.0. The lowest BCUT2D eigenvalue weighted by Gasteiger charge is -2.23. The summed E-state index contributed by atoms with van der Waals surface area (Å²) in [7, 11) is 3.57. The second kappa shape index (κ2) is 7.27. The number of aryl methyl sites for hydroxylation is 1. The third kappa shape index (κ3) is 3.46. The number of carbonyl (C=O) groups excluding carboxylic acids is 1. The van der Waals surface area contributed by atoms with E-state index in [0.717, 1.165) is 16.8 Å². The summed E-state index contributed by atoms with van der Waals surface area (Å²) in [6.07, 6.45) is 3.52. The van der Waals surface area contributed by atoms with Gasteiger partial charge in [-0.3, -0.25) is 9.78 Å². The van der Waals surface area contributed by atoms with Crippen LogP contribution >= 0.6 is 0 Å². The van der Waals surface area contributed by atoms with Crippen molar-refractivity contribution >= 4 is 16.8 Å². The van der Waals surface area contributed by atoms with Crippen LogP contribution < -0.4 is 0 Å². The molecule has 0 spiro atoms. The lowest BCUT2D eigenvalue weighted by Crippen LogP contribution is -2.33. The zero-order chi connectivity index (χ0) is 16.9. The van der Waals surface area contributed by atoms with Gasteiger partial charge < -0.3 is 14.2 Å². The average molecular weight is 323 g/mol. The Morgan fingerprint density at radius 3 is 2.75 bits per heavy atom. The van der Waals surface area contributed by atoms with Crippen molar-refractivity contribution in [2.24, 2.45) is 7.05 Å². The molecule has 1 aromatic carbocycles. The molecule has 0 saturated carbocycles. The number of fused-ring (bicyclic) bond motifs is 1. The number of rotatable bonds is 6. The molecule has 124 valence electrons. The first kappa shape index (κ1) is 16.2. The summed E-state index contributed by atoms with van der Waals surface area (Å²) in [6, 6.07) is 14.2. The fourth-order valence-corrected chi connectivity index (χ4v) is 2.85. The van der Waals surface area contributed by atoms with Crippen LogP contribution in [-0.2, 0) is 29.7 Å². The number of benzene rings is 1. The number of nitrogens with zero attached hydrogens (tertiary/aromatic N) is 3. The lowest BCUT2D eigenvalue weighted by atomic mass is 10.2. The Hall–Kier alpha value is -2.66. The predicted octanol–water partition coefficient (Wildman–Crippen LogP) is 2.75. The Labute approximate surface area is 141 Å². The van der Waals surface area contributed by atoms with Gasteiger partial charge in [-0.15, -0.1) is 0 Å². The van der Waals surface area contributed by atoms with Crippen LogP contribution in [-0.4, -0.2) is 34.1 Å². The number of hydrogen-bond acceptors (Lipinski definition) is 3. The Balaban J connectivity index is 1.87. The summed E-state index contributed by atoms with van der Waals surface area (Å²) in [4.78, 5) is 18.4. The fraction of sp³-hybridized carbons (Fsp3) is 0.263. The van der Waals surface area contributed by atoms with Crippen LogP contribution in [0.15, 0.2) is 54.9 Å². The Bertz CT molecular complexity index is 827. The number of ether oxygens (including phenoxy) is 1. The minimum absolute atomic E-state index is 0.0355. The summed E-state index contributed by atoms with van der Waals surface area (Å²) in [5.41, 5.74) is 3.25. The molecule has 5 nitrogen and oxygen atoms in total. The molecule has 2 aromatic heterocycles. The second-order valence-electron chi connectivity index (χ2n) is 5.80. The normalized spacial score (nSPS) is 10.9. The van der Waals surface area contributed by atoms with Crippen LogP contribution in [0.2, 0.25) is 0 Å². The van der Waals surface area contributed by atoms with E-state index in [0.29, 0.717) is 13.1 Å². The first-order valence-corrected chi connectivity index (χ1v) is 7.88. The summed E-state index contributed by atoms with van der Waals surface area (Å²) >= 11 is 0. The van der Waals surface area contributed by atoms with Crippen LogP contribution in [0.25, 0.3) is 10.9 Å². The van der Waals surface area contributed by atoms with Crippen LogP contribution in [0.3, 0.4) is 0 Å². The molecule has 0 bridgehead atoms. The number of para-hydroxylation sites is 1. The summed E-state index contributed by atoms with van der Waals surface area (Å²) in [5, 5.41) is 1.18. The third-order valence-corrected chi connectivity index (χ3v) is 4.12. The Kier molecular flexibility index (Phi) is 4.91. The van der Waals surface area contributed by atoms with E-state index in [2.05, 4.69) is 27.8 Å². The molecular formula is C19H21N3O2. The molecule has 3 aromatic rings. The monoisotopic (exact) mass is 323 g/mol. The molecule has 0 aliphatic heterocycles. The number of pyridine rings is 1. The van der Waals surface area contributed by atoms with E-state index in [1.165, 1.54) is 12.5 Å². The molecule has 0 aliphatic carbocycles. The SMILES string of the molecule is COCC(=O)N(Cc1cccnc1)Cc1cc2ccccc2n1C. The maximum Gasteiger partial charge on any atom is 0.249 e. The van der Waals surface area contributed by atoms with Gasteiger partial charge >= 0.3 is 0 Å². The van der Waals surface area contributed by atoms with E-state index < -0.39 is 0 Å². The van der Waals surface area contributed by atoms with Crippen molar-refractivity contribution in [3.63, 3.8) is 0 Å². The van der Waals surface area contributed by atoms with Gasteiger partial charge in [-0.25, -0.2) is 0 Å². The number of hydrogen-bond donors (Lipinski definition) is 0. The van der Waals surface area contributed by atoms with Gasteiger partial charge in [-0.2, -0.15) is 0 Å². The molecule has 0 atom stereocenters. The van der Waals surface area contributed by atoms with Crippen LogP contribution in [0.1, 0.15) is 11.3 Å². The van der Waals surface area contributed by atoms with Gasteiger partial charge in [0.25, 0.3) is 0 Å². The zero-order valence-corrected chi connectivity index (χ0v) is 14.0. The molecule has 0 saturated heterocycles. The highest BCUT2D eigenvalue weighted by Gasteiger charge is 2.17. The maximum absolute atomic E-state index is 12.4. The molecule has 2 heterocycles. The highest BCUT2D eigenvalue weighted by molar-refractivity contribution is 5.82. The van der Waals surface area contributed by atoms with Crippen LogP contribution in [0, 0.1) is 0 Å².